The summed E-state index contributed by atoms with van der Waals surface area (Å²) in [5.41, 5.74) is 1.47. The van der Waals surface area contributed by atoms with Crippen LogP contribution in [0.3, 0.4) is 0 Å². The monoisotopic (exact) mass is 223 g/mol. The van der Waals surface area contributed by atoms with Crippen LogP contribution in [-0.4, -0.2) is 11.7 Å². The highest BCUT2D eigenvalue weighted by Crippen LogP contribution is 2.31. The van der Waals surface area contributed by atoms with E-state index in [4.69, 9.17) is 0 Å². The van der Waals surface area contributed by atoms with Gasteiger partial charge < -0.3 is 10.4 Å². The molecule has 88 valence electrons. The smallest absolute Gasteiger partial charge is 0.126 e. The molecule has 2 rings (SSSR count). The van der Waals surface area contributed by atoms with Crippen molar-refractivity contribution in [2.75, 3.05) is 6.54 Å². The lowest BCUT2D eigenvalue weighted by Crippen LogP contribution is -2.26. The lowest BCUT2D eigenvalue weighted by Gasteiger charge is -2.24. The van der Waals surface area contributed by atoms with E-state index in [-0.39, 0.29) is 5.75 Å². The predicted octanol–water partition coefficient (Wildman–Crippen LogP) is 3.24. The number of phenolic OH excluding ortho intramolecular Hbond substituents is 1. The second-order valence-corrected chi connectivity index (χ2v) is 4.44. The van der Waals surface area contributed by atoms with Gasteiger partial charge in [0.1, 0.15) is 11.9 Å². The molecule has 0 saturated carbocycles. The van der Waals surface area contributed by atoms with Crippen molar-refractivity contribution in [1.29, 1.82) is 0 Å². The fourth-order valence-electron chi connectivity index (χ4n) is 2.24. The van der Waals surface area contributed by atoms with Crippen LogP contribution in [0.1, 0.15) is 49.5 Å². The summed E-state index contributed by atoms with van der Waals surface area (Å²) in [6, 6.07) is 5.57. The summed E-state index contributed by atoms with van der Waals surface area (Å²) in [7, 11) is 0. The molecule has 0 bridgehead atoms. The van der Waals surface area contributed by atoms with Crippen LogP contribution in [0.15, 0.2) is 18.2 Å². The van der Waals surface area contributed by atoms with Crippen LogP contribution in [-0.2, 0) is 0 Å². The molecule has 1 aromatic rings. The van der Waals surface area contributed by atoms with Crippen molar-refractivity contribution in [3.8, 4) is 5.75 Å². The average Bonchev–Trinajstić information content (AvgIpc) is 2.30. The first kappa shape index (κ1) is 11.4. The van der Waals surface area contributed by atoms with E-state index < -0.39 is 6.17 Å². The third kappa shape index (κ3) is 2.35. The van der Waals surface area contributed by atoms with Gasteiger partial charge in [0.2, 0.25) is 0 Å². The van der Waals surface area contributed by atoms with Crippen molar-refractivity contribution in [2.45, 2.75) is 38.4 Å². The fourth-order valence-corrected chi connectivity index (χ4v) is 2.24. The summed E-state index contributed by atoms with van der Waals surface area (Å²) in [5.74, 6) is 0.0505. The molecule has 0 amide bonds. The second-order valence-electron chi connectivity index (χ2n) is 4.44. The molecule has 0 aromatic heterocycles. The minimum atomic E-state index is -1.12. The Hall–Kier alpha value is -1.09. The molecule has 2 N–H and O–H groups in total. The first-order valence-corrected chi connectivity index (χ1v) is 5.89. The Kier molecular flexibility index (Phi) is 3.44. The Morgan fingerprint density at radius 1 is 1.44 bits per heavy atom. The standard InChI is InChI=1S/C13H18FNO/c1-9(14)11-8-10(5-6-13(11)16)12-4-2-3-7-15-12/h5-6,8-9,12,15-16H,2-4,7H2,1H3. The number of hydrogen-bond donors (Lipinski definition) is 2. The van der Waals surface area contributed by atoms with Crippen LogP contribution in [0.5, 0.6) is 5.75 Å². The number of phenols is 1. The number of halogens is 1. The summed E-state index contributed by atoms with van der Waals surface area (Å²) in [6.45, 7) is 2.47. The third-order valence-electron chi connectivity index (χ3n) is 3.19. The van der Waals surface area contributed by atoms with Gasteiger partial charge in [0, 0.05) is 11.6 Å². The third-order valence-corrected chi connectivity index (χ3v) is 3.19. The topological polar surface area (TPSA) is 32.3 Å². The highest BCUT2D eigenvalue weighted by Gasteiger charge is 2.17. The number of aromatic hydroxyl groups is 1. The Labute approximate surface area is 95.5 Å². The van der Waals surface area contributed by atoms with Crippen LogP contribution in [0.4, 0.5) is 4.39 Å². The summed E-state index contributed by atoms with van der Waals surface area (Å²) in [6.07, 6.45) is 2.38. The highest BCUT2D eigenvalue weighted by atomic mass is 19.1. The molecule has 3 heteroatoms. The van der Waals surface area contributed by atoms with Crippen LogP contribution in [0, 0.1) is 0 Å². The van der Waals surface area contributed by atoms with Gasteiger partial charge in [0.25, 0.3) is 0 Å². The number of nitrogens with one attached hydrogen (secondary N) is 1. The molecule has 0 radical (unpaired) electrons. The maximum absolute atomic E-state index is 13.3. The Morgan fingerprint density at radius 2 is 2.25 bits per heavy atom. The molecule has 0 aliphatic carbocycles. The molecule has 2 unspecified atom stereocenters. The second kappa shape index (κ2) is 4.83. The molecule has 1 heterocycles. The van der Waals surface area contributed by atoms with Crippen LogP contribution in [0.25, 0.3) is 0 Å². The lowest BCUT2D eigenvalue weighted by atomic mass is 9.95. The van der Waals surface area contributed by atoms with E-state index in [0.29, 0.717) is 11.6 Å². The van der Waals surface area contributed by atoms with Crippen LogP contribution >= 0.6 is 0 Å². The fraction of sp³-hybridized carbons (Fsp3) is 0.538. The van der Waals surface area contributed by atoms with Crippen molar-refractivity contribution in [3.05, 3.63) is 29.3 Å². The van der Waals surface area contributed by atoms with Gasteiger partial charge in [0.15, 0.2) is 0 Å². The van der Waals surface area contributed by atoms with Gasteiger partial charge in [0.05, 0.1) is 0 Å². The minimum absolute atomic E-state index is 0.0505. The van der Waals surface area contributed by atoms with E-state index >= 15 is 0 Å². The maximum Gasteiger partial charge on any atom is 0.126 e. The van der Waals surface area contributed by atoms with E-state index in [2.05, 4.69) is 5.32 Å². The largest absolute Gasteiger partial charge is 0.508 e. The van der Waals surface area contributed by atoms with Crippen molar-refractivity contribution >= 4 is 0 Å². The Balaban J connectivity index is 2.24. The molecule has 2 nitrogen and oxygen atoms in total. The van der Waals surface area contributed by atoms with E-state index in [9.17, 15) is 9.50 Å². The first-order valence-electron chi connectivity index (χ1n) is 5.89. The molecule has 1 saturated heterocycles. The zero-order chi connectivity index (χ0) is 11.5. The normalized spacial score (nSPS) is 23.0. The van der Waals surface area contributed by atoms with E-state index in [1.807, 2.05) is 6.07 Å². The number of benzene rings is 1. The van der Waals surface area contributed by atoms with Gasteiger partial charge in [-0.05, 0) is 44.0 Å². The molecule has 0 spiro atoms. The quantitative estimate of drug-likeness (QED) is 0.806. The maximum atomic E-state index is 13.3. The molecular weight excluding hydrogens is 205 g/mol. The molecule has 1 aliphatic heterocycles. The molecule has 16 heavy (non-hydrogen) atoms. The molecule has 1 aliphatic rings. The Bertz CT molecular complexity index is 359. The van der Waals surface area contributed by atoms with Crippen LogP contribution in [0.2, 0.25) is 0 Å². The summed E-state index contributed by atoms with van der Waals surface area (Å²) >= 11 is 0. The van der Waals surface area contributed by atoms with Gasteiger partial charge in [-0.25, -0.2) is 4.39 Å². The van der Waals surface area contributed by atoms with Crippen molar-refractivity contribution in [3.63, 3.8) is 0 Å². The molecule has 2 atom stereocenters. The number of alkyl halides is 1. The van der Waals surface area contributed by atoms with Gasteiger partial charge >= 0.3 is 0 Å². The highest BCUT2D eigenvalue weighted by molar-refractivity contribution is 5.38. The predicted molar refractivity (Wildman–Crippen MR) is 62.2 cm³/mol. The van der Waals surface area contributed by atoms with Crippen molar-refractivity contribution in [1.82, 2.24) is 5.32 Å². The average molecular weight is 223 g/mol. The van der Waals surface area contributed by atoms with Gasteiger partial charge in [-0.15, -0.1) is 0 Å². The van der Waals surface area contributed by atoms with Gasteiger partial charge in [-0.3, -0.25) is 0 Å². The summed E-state index contributed by atoms with van der Waals surface area (Å²) in [5, 5.41) is 13.0. The van der Waals surface area contributed by atoms with E-state index in [1.54, 1.807) is 12.1 Å². The number of hydrogen-bond acceptors (Lipinski definition) is 2. The SMILES string of the molecule is CC(F)c1cc(C2CCCCN2)ccc1O. The molecule has 1 fully saturated rings. The van der Waals surface area contributed by atoms with Crippen molar-refractivity contribution in [2.24, 2.45) is 0 Å². The van der Waals surface area contributed by atoms with Gasteiger partial charge in [-0.2, -0.15) is 0 Å². The summed E-state index contributed by atoms with van der Waals surface area (Å²) < 4.78 is 13.3. The Morgan fingerprint density at radius 3 is 2.88 bits per heavy atom. The zero-order valence-electron chi connectivity index (χ0n) is 9.54. The van der Waals surface area contributed by atoms with Gasteiger partial charge in [-0.1, -0.05) is 12.5 Å². The summed E-state index contributed by atoms with van der Waals surface area (Å²) in [4.78, 5) is 0. The van der Waals surface area contributed by atoms with Crippen LogP contribution < -0.4 is 5.32 Å². The van der Waals surface area contributed by atoms with E-state index in [1.165, 1.54) is 19.8 Å². The zero-order valence-corrected chi connectivity index (χ0v) is 9.54. The number of piperidine rings is 1. The first-order chi connectivity index (χ1) is 7.68. The number of rotatable bonds is 2. The minimum Gasteiger partial charge on any atom is -0.508 e. The lowest BCUT2D eigenvalue weighted by molar-refractivity contribution is 0.354. The molecule has 1 aromatic carbocycles. The molecular formula is C13H18FNO. The van der Waals surface area contributed by atoms with Crippen molar-refractivity contribution < 1.29 is 9.50 Å². The van der Waals surface area contributed by atoms with E-state index in [0.717, 1.165) is 18.5 Å².